The molecule has 3 N–H and O–H groups in total. The van der Waals surface area contributed by atoms with Gasteiger partial charge in [0.25, 0.3) is 0 Å². The van der Waals surface area contributed by atoms with Crippen molar-refractivity contribution in [2.24, 2.45) is 0 Å². The van der Waals surface area contributed by atoms with Gasteiger partial charge >= 0.3 is 0 Å². The lowest BCUT2D eigenvalue weighted by Gasteiger charge is -2.07. The van der Waals surface area contributed by atoms with Gasteiger partial charge in [-0.2, -0.15) is 0 Å². The molecule has 0 aliphatic carbocycles. The topological polar surface area (TPSA) is 50.9 Å². The number of aromatic nitrogens is 1. The molecule has 0 saturated carbocycles. The van der Waals surface area contributed by atoms with Crippen LogP contribution in [0.25, 0.3) is 0 Å². The Morgan fingerprint density at radius 1 is 1.47 bits per heavy atom. The fraction of sp³-hybridized carbons (Fsp3) is 0.100. The molecular formula is C10H10ClN3S. The second-order valence-corrected chi connectivity index (χ2v) is 4.44. The van der Waals surface area contributed by atoms with Crippen molar-refractivity contribution >= 4 is 34.3 Å². The quantitative estimate of drug-likeness (QED) is 0.810. The molecule has 78 valence electrons. The molecule has 0 bridgehead atoms. The van der Waals surface area contributed by atoms with Crippen molar-refractivity contribution < 1.29 is 0 Å². The van der Waals surface area contributed by atoms with Gasteiger partial charge in [-0.1, -0.05) is 11.6 Å². The smallest absolute Gasteiger partial charge is 0.0794 e. The Morgan fingerprint density at radius 2 is 2.33 bits per heavy atom. The van der Waals surface area contributed by atoms with Crippen LogP contribution < -0.4 is 11.1 Å². The van der Waals surface area contributed by atoms with Gasteiger partial charge < -0.3 is 11.1 Å². The first-order chi connectivity index (χ1) is 7.25. The Kier molecular flexibility index (Phi) is 3.08. The zero-order valence-corrected chi connectivity index (χ0v) is 9.48. The standard InChI is InChI=1S/C10H10ClN3S/c11-9-3-7(12)1-2-10(9)14-5-8-4-13-6-15-8/h1-4,6,14H,5,12H2. The molecule has 5 heteroatoms. The SMILES string of the molecule is Nc1ccc(NCc2cncs2)c(Cl)c1. The van der Waals surface area contributed by atoms with E-state index >= 15 is 0 Å². The number of anilines is 2. The van der Waals surface area contributed by atoms with Crippen molar-refractivity contribution in [3.63, 3.8) is 0 Å². The lowest BCUT2D eigenvalue weighted by Crippen LogP contribution is -1.98. The van der Waals surface area contributed by atoms with Crippen LogP contribution in [-0.4, -0.2) is 4.98 Å². The fourth-order valence-corrected chi connectivity index (χ4v) is 1.98. The Balaban J connectivity index is 2.05. The van der Waals surface area contributed by atoms with Gasteiger partial charge in [-0.25, -0.2) is 0 Å². The van der Waals surface area contributed by atoms with Gasteiger partial charge in [0.15, 0.2) is 0 Å². The van der Waals surface area contributed by atoms with Crippen LogP contribution >= 0.6 is 22.9 Å². The number of rotatable bonds is 3. The minimum atomic E-state index is 0.638. The lowest BCUT2D eigenvalue weighted by atomic mass is 10.3. The summed E-state index contributed by atoms with van der Waals surface area (Å²) in [5.74, 6) is 0. The highest BCUT2D eigenvalue weighted by atomic mass is 35.5. The van der Waals surface area contributed by atoms with Gasteiger partial charge in [-0.3, -0.25) is 4.98 Å². The molecule has 15 heavy (non-hydrogen) atoms. The Morgan fingerprint density at radius 3 is 3.00 bits per heavy atom. The van der Waals surface area contributed by atoms with Crippen molar-refractivity contribution in [2.45, 2.75) is 6.54 Å². The van der Waals surface area contributed by atoms with Crippen molar-refractivity contribution in [1.29, 1.82) is 0 Å². The second-order valence-electron chi connectivity index (χ2n) is 3.06. The van der Waals surface area contributed by atoms with E-state index < -0.39 is 0 Å². The summed E-state index contributed by atoms with van der Waals surface area (Å²) < 4.78 is 0. The van der Waals surface area contributed by atoms with E-state index in [1.54, 1.807) is 17.4 Å². The molecule has 0 saturated heterocycles. The van der Waals surface area contributed by atoms with Crippen LogP contribution in [-0.2, 0) is 6.54 Å². The van der Waals surface area contributed by atoms with Crippen LogP contribution in [0.4, 0.5) is 11.4 Å². The average Bonchev–Trinajstić information content (AvgIpc) is 2.69. The van der Waals surface area contributed by atoms with Gasteiger partial charge in [-0.15, -0.1) is 11.3 Å². The predicted molar refractivity (Wildman–Crippen MR) is 65.3 cm³/mol. The summed E-state index contributed by atoms with van der Waals surface area (Å²) in [6, 6.07) is 5.43. The zero-order chi connectivity index (χ0) is 10.7. The number of nitrogens with one attached hydrogen (secondary N) is 1. The number of benzene rings is 1. The van der Waals surface area contributed by atoms with Crippen LogP contribution in [0.1, 0.15) is 4.88 Å². The molecule has 2 aromatic rings. The number of nitrogen functional groups attached to an aromatic ring is 1. The molecule has 0 aliphatic heterocycles. The summed E-state index contributed by atoms with van der Waals surface area (Å²) in [7, 11) is 0. The number of thiazole rings is 1. The zero-order valence-electron chi connectivity index (χ0n) is 7.90. The van der Waals surface area contributed by atoms with E-state index in [0.717, 1.165) is 12.2 Å². The monoisotopic (exact) mass is 239 g/mol. The largest absolute Gasteiger partial charge is 0.399 e. The maximum Gasteiger partial charge on any atom is 0.0794 e. The number of hydrogen-bond acceptors (Lipinski definition) is 4. The molecule has 0 atom stereocenters. The number of nitrogens with zero attached hydrogens (tertiary/aromatic N) is 1. The van der Waals surface area contributed by atoms with Crippen molar-refractivity contribution in [3.05, 3.63) is 39.8 Å². The van der Waals surface area contributed by atoms with Crippen LogP contribution in [0.2, 0.25) is 5.02 Å². The molecule has 1 heterocycles. The molecule has 3 nitrogen and oxygen atoms in total. The summed E-state index contributed by atoms with van der Waals surface area (Å²) in [5, 5.41) is 3.86. The van der Waals surface area contributed by atoms with E-state index in [1.807, 2.05) is 23.8 Å². The first kappa shape index (κ1) is 10.3. The van der Waals surface area contributed by atoms with Crippen LogP contribution in [0.5, 0.6) is 0 Å². The minimum Gasteiger partial charge on any atom is -0.399 e. The lowest BCUT2D eigenvalue weighted by molar-refractivity contribution is 1.17. The summed E-state index contributed by atoms with van der Waals surface area (Å²) in [5.41, 5.74) is 8.96. The Bertz CT molecular complexity index is 442. The van der Waals surface area contributed by atoms with E-state index in [1.165, 1.54) is 4.88 Å². The van der Waals surface area contributed by atoms with Gasteiger partial charge in [-0.05, 0) is 18.2 Å². The highest BCUT2D eigenvalue weighted by Gasteiger charge is 2.00. The van der Waals surface area contributed by atoms with Crippen LogP contribution in [0, 0.1) is 0 Å². The third kappa shape index (κ3) is 2.61. The summed E-state index contributed by atoms with van der Waals surface area (Å²) in [6.45, 7) is 0.730. The second kappa shape index (κ2) is 4.51. The minimum absolute atomic E-state index is 0.638. The molecule has 1 aromatic heterocycles. The summed E-state index contributed by atoms with van der Waals surface area (Å²) in [6.07, 6.45) is 1.84. The van der Waals surface area contributed by atoms with Crippen molar-refractivity contribution in [1.82, 2.24) is 4.98 Å². The molecule has 0 radical (unpaired) electrons. The van der Waals surface area contributed by atoms with Gasteiger partial charge in [0.1, 0.15) is 0 Å². The highest BCUT2D eigenvalue weighted by molar-refractivity contribution is 7.09. The number of hydrogen-bond donors (Lipinski definition) is 2. The van der Waals surface area contributed by atoms with Gasteiger partial charge in [0.2, 0.25) is 0 Å². The van der Waals surface area contributed by atoms with Crippen LogP contribution in [0.15, 0.2) is 29.9 Å². The molecule has 2 rings (SSSR count). The average molecular weight is 240 g/mol. The maximum atomic E-state index is 6.01. The van der Waals surface area contributed by atoms with E-state index in [-0.39, 0.29) is 0 Å². The molecule has 0 amide bonds. The summed E-state index contributed by atoms with van der Waals surface area (Å²) >= 11 is 7.62. The third-order valence-corrected chi connectivity index (χ3v) is 3.02. The molecular weight excluding hydrogens is 230 g/mol. The Labute approximate surface area is 96.9 Å². The molecule has 1 aromatic carbocycles. The van der Waals surface area contributed by atoms with Crippen molar-refractivity contribution in [2.75, 3.05) is 11.1 Å². The molecule has 0 aliphatic rings. The first-order valence-corrected chi connectivity index (χ1v) is 5.68. The number of halogens is 1. The fourth-order valence-electron chi connectivity index (χ4n) is 1.19. The number of nitrogens with two attached hydrogens (primary N) is 1. The molecule has 0 unspecified atom stereocenters. The highest BCUT2D eigenvalue weighted by Crippen LogP contribution is 2.24. The normalized spacial score (nSPS) is 10.2. The van der Waals surface area contributed by atoms with E-state index in [4.69, 9.17) is 17.3 Å². The Hall–Kier alpha value is -1.26. The van der Waals surface area contributed by atoms with Gasteiger partial charge in [0, 0.05) is 16.8 Å². The van der Waals surface area contributed by atoms with E-state index in [9.17, 15) is 0 Å². The first-order valence-electron chi connectivity index (χ1n) is 4.42. The van der Waals surface area contributed by atoms with Crippen LogP contribution in [0.3, 0.4) is 0 Å². The van der Waals surface area contributed by atoms with Crippen molar-refractivity contribution in [3.8, 4) is 0 Å². The molecule has 0 spiro atoms. The predicted octanol–water partition coefficient (Wildman–Crippen LogP) is 2.99. The third-order valence-electron chi connectivity index (χ3n) is 1.93. The van der Waals surface area contributed by atoms with Gasteiger partial charge in [0.05, 0.1) is 22.8 Å². The summed E-state index contributed by atoms with van der Waals surface area (Å²) in [4.78, 5) is 5.17. The maximum absolute atomic E-state index is 6.01. The molecule has 0 fully saturated rings. The van der Waals surface area contributed by atoms with E-state index in [2.05, 4.69) is 10.3 Å². The van der Waals surface area contributed by atoms with E-state index in [0.29, 0.717) is 10.7 Å².